The van der Waals surface area contributed by atoms with Crippen LogP contribution in [0.1, 0.15) is 11.1 Å². The Hall–Kier alpha value is -1.42. The van der Waals surface area contributed by atoms with E-state index in [1.165, 1.54) is 5.56 Å². The monoisotopic (exact) mass is 144 g/mol. The summed E-state index contributed by atoms with van der Waals surface area (Å²) in [4.78, 5) is 0. The molecule has 0 unspecified atom stereocenters. The molecule has 1 aromatic rings. The Morgan fingerprint density at radius 1 is 1.45 bits per heavy atom. The van der Waals surface area contributed by atoms with Gasteiger partial charge in [0.25, 0.3) is 0 Å². The third-order valence-electron chi connectivity index (χ3n) is 1.86. The molecule has 1 heteroatoms. The Balaban J connectivity index is 2.51. The second-order valence-corrected chi connectivity index (χ2v) is 2.57. The second kappa shape index (κ2) is 2.32. The topological polar surface area (TPSA) is 9.23 Å². The van der Waals surface area contributed by atoms with Gasteiger partial charge in [-0.3, -0.25) is 0 Å². The zero-order valence-corrected chi connectivity index (χ0v) is 6.13. The average molecular weight is 144 g/mol. The van der Waals surface area contributed by atoms with E-state index < -0.39 is 0 Å². The second-order valence-electron chi connectivity index (χ2n) is 2.57. The molecule has 0 spiro atoms. The predicted octanol–water partition coefficient (Wildman–Crippen LogP) is 1.60. The van der Waals surface area contributed by atoms with E-state index in [1.807, 2.05) is 18.2 Å². The van der Waals surface area contributed by atoms with Crippen molar-refractivity contribution in [1.82, 2.24) is 0 Å². The van der Waals surface area contributed by atoms with Gasteiger partial charge >= 0.3 is 0 Å². The van der Waals surface area contributed by atoms with Gasteiger partial charge in [-0.1, -0.05) is 12.0 Å². The largest absolute Gasteiger partial charge is 0.493 e. The van der Waals surface area contributed by atoms with E-state index in [0.717, 1.165) is 24.3 Å². The molecule has 0 aromatic heterocycles. The lowest BCUT2D eigenvalue weighted by molar-refractivity contribution is 0.356. The average Bonchev–Trinajstić information content (AvgIpc) is 2.50. The van der Waals surface area contributed by atoms with Crippen LogP contribution in [0.4, 0.5) is 0 Å². The Morgan fingerprint density at radius 3 is 3.18 bits per heavy atom. The maximum absolute atomic E-state index is 5.35. The van der Waals surface area contributed by atoms with Crippen molar-refractivity contribution in [3.63, 3.8) is 0 Å². The van der Waals surface area contributed by atoms with Crippen molar-refractivity contribution in [3.05, 3.63) is 29.3 Å². The zero-order valence-electron chi connectivity index (χ0n) is 6.13. The minimum atomic E-state index is 0.795. The van der Waals surface area contributed by atoms with Crippen LogP contribution in [0.5, 0.6) is 5.75 Å². The van der Waals surface area contributed by atoms with E-state index in [9.17, 15) is 0 Å². The number of ether oxygens (including phenoxy) is 1. The first-order chi connectivity index (χ1) is 5.40. The minimum Gasteiger partial charge on any atom is -0.493 e. The van der Waals surface area contributed by atoms with Crippen molar-refractivity contribution >= 4 is 0 Å². The first-order valence-electron chi connectivity index (χ1n) is 3.62. The maximum Gasteiger partial charge on any atom is 0.123 e. The van der Waals surface area contributed by atoms with E-state index in [0.29, 0.717) is 0 Å². The lowest BCUT2D eigenvalue weighted by Crippen LogP contribution is -1.86. The summed E-state index contributed by atoms with van der Waals surface area (Å²) >= 11 is 0. The number of rotatable bonds is 0. The molecule has 0 saturated heterocycles. The van der Waals surface area contributed by atoms with Gasteiger partial charge in [-0.15, -0.1) is 6.42 Å². The molecule has 1 aliphatic heterocycles. The summed E-state index contributed by atoms with van der Waals surface area (Å²) in [6.45, 7) is 0.795. The summed E-state index contributed by atoms with van der Waals surface area (Å²) < 4.78 is 5.35. The molecular formula is C10H8O. The summed E-state index contributed by atoms with van der Waals surface area (Å²) in [5.41, 5.74) is 2.16. The van der Waals surface area contributed by atoms with Crippen molar-refractivity contribution in [2.75, 3.05) is 6.61 Å². The summed E-state index contributed by atoms with van der Waals surface area (Å²) in [6, 6.07) is 5.91. The number of terminal acetylenes is 1. The molecule has 0 N–H and O–H groups in total. The molecule has 1 heterocycles. The van der Waals surface area contributed by atoms with Crippen LogP contribution in [0.15, 0.2) is 18.2 Å². The van der Waals surface area contributed by atoms with E-state index in [-0.39, 0.29) is 0 Å². The molecule has 2 rings (SSSR count). The van der Waals surface area contributed by atoms with Crippen LogP contribution in [0, 0.1) is 12.3 Å². The van der Waals surface area contributed by atoms with Crippen molar-refractivity contribution in [2.24, 2.45) is 0 Å². The Kier molecular flexibility index (Phi) is 1.33. The van der Waals surface area contributed by atoms with Crippen LogP contribution in [0.2, 0.25) is 0 Å². The van der Waals surface area contributed by atoms with Crippen LogP contribution >= 0.6 is 0 Å². The third-order valence-corrected chi connectivity index (χ3v) is 1.86. The fourth-order valence-corrected chi connectivity index (χ4v) is 1.26. The highest BCUT2D eigenvalue weighted by atomic mass is 16.5. The number of fused-ring (bicyclic) bond motifs is 1. The first kappa shape index (κ1) is 6.30. The third kappa shape index (κ3) is 0.969. The van der Waals surface area contributed by atoms with Crippen molar-refractivity contribution in [2.45, 2.75) is 6.42 Å². The van der Waals surface area contributed by atoms with E-state index in [4.69, 9.17) is 11.2 Å². The number of hydrogen-bond donors (Lipinski definition) is 0. The van der Waals surface area contributed by atoms with E-state index in [1.54, 1.807) is 0 Å². The van der Waals surface area contributed by atoms with E-state index in [2.05, 4.69) is 5.92 Å². The lowest BCUT2D eigenvalue weighted by atomic mass is 10.1. The molecule has 0 saturated carbocycles. The van der Waals surface area contributed by atoms with Gasteiger partial charge in [-0.05, 0) is 17.7 Å². The van der Waals surface area contributed by atoms with Crippen molar-refractivity contribution in [1.29, 1.82) is 0 Å². The van der Waals surface area contributed by atoms with Crippen molar-refractivity contribution < 1.29 is 4.74 Å². The Labute approximate surface area is 66.0 Å². The molecule has 0 aliphatic carbocycles. The maximum atomic E-state index is 5.35. The fourth-order valence-electron chi connectivity index (χ4n) is 1.26. The normalized spacial score (nSPS) is 13.4. The molecule has 0 radical (unpaired) electrons. The van der Waals surface area contributed by atoms with Crippen LogP contribution in [-0.2, 0) is 6.42 Å². The van der Waals surface area contributed by atoms with Crippen LogP contribution in [-0.4, -0.2) is 6.61 Å². The lowest BCUT2D eigenvalue weighted by Gasteiger charge is -1.97. The predicted molar refractivity (Wildman–Crippen MR) is 43.6 cm³/mol. The molecule has 1 aliphatic rings. The molecule has 0 amide bonds. The standard InChI is InChI=1S/C10H8O/c1-2-8-3-4-9-5-6-11-10(9)7-8/h1,3-4,7H,5-6H2. The summed E-state index contributed by atoms with van der Waals surface area (Å²) in [5, 5.41) is 0. The first-order valence-corrected chi connectivity index (χ1v) is 3.62. The minimum absolute atomic E-state index is 0.795. The van der Waals surface area contributed by atoms with Gasteiger partial charge < -0.3 is 4.74 Å². The van der Waals surface area contributed by atoms with Gasteiger partial charge in [0.1, 0.15) is 5.75 Å². The highest BCUT2D eigenvalue weighted by molar-refractivity contribution is 5.45. The number of benzene rings is 1. The van der Waals surface area contributed by atoms with Gasteiger partial charge in [0.05, 0.1) is 6.61 Å². The highest BCUT2D eigenvalue weighted by Gasteiger charge is 2.10. The Morgan fingerprint density at radius 2 is 2.36 bits per heavy atom. The smallest absolute Gasteiger partial charge is 0.123 e. The molecule has 0 atom stereocenters. The van der Waals surface area contributed by atoms with Gasteiger partial charge in [-0.25, -0.2) is 0 Å². The quantitative estimate of drug-likeness (QED) is 0.502. The molecule has 1 nitrogen and oxygen atoms in total. The van der Waals surface area contributed by atoms with E-state index >= 15 is 0 Å². The number of hydrogen-bond acceptors (Lipinski definition) is 1. The highest BCUT2D eigenvalue weighted by Crippen LogP contribution is 2.25. The molecule has 1 aromatic carbocycles. The van der Waals surface area contributed by atoms with Gasteiger partial charge in [0, 0.05) is 12.0 Å². The van der Waals surface area contributed by atoms with Gasteiger partial charge in [0.15, 0.2) is 0 Å². The van der Waals surface area contributed by atoms with Gasteiger partial charge in [0.2, 0.25) is 0 Å². The summed E-state index contributed by atoms with van der Waals surface area (Å²) in [6.07, 6.45) is 6.25. The fraction of sp³-hybridized carbons (Fsp3) is 0.200. The molecule has 0 fully saturated rings. The molecule has 11 heavy (non-hydrogen) atoms. The van der Waals surface area contributed by atoms with Crippen LogP contribution in [0.3, 0.4) is 0 Å². The summed E-state index contributed by atoms with van der Waals surface area (Å²) in [5.74, 6) is 3.54. The zero-order chi connectivity index (χ0) is 7.68. The molecular weight excluding hydrogens is 136 g/mol. The molecule has 0 bridgehead atoms. The molecule has 54 valence electrons. The van der Waals surface area contributed by atoms with Crippen LogP contribution in [0.25, 0.3) is 0 Å². The van der Waals surface area contributed by atoms with Crippen molar-refractivity contribution in [3.8, 4) is 18.1 Å². The summed E-state index contributed by atoms with van der Waals surface area (Å²) in [7, 11) is 0. The van der Waals surface area contributed by atoms with Crippen LogP contribution < -0.4 is 4.74 Å². The Bertz CT molecular complexity index is 320. The SMILES string of the molecule is C#Cc1ccc2c(c1)OCC2. The van der Waals surface area contributed by atoms with Gasteiger partial charge in [-0.2, -0.15) is 0 Å².